The Hall–Kier alpha value is 0.110. The maximum Gasteiger partial charge on any atom is 0.287 e. The van der Waals surface area contributed by atoms with Crippen LogP contribution in [-0.4, -0.2) is 53.3 Å². The van der Waals surface area contributed by atoms with Crippen LogP contribution in [0.5, 0.6) is 0 Å². The van der Waals surface area contributed by atoms with E-state index in [-0.39, 0.29) is 0 Å². The first kappa shape index (κ1) is 13.5. The van der Waals surface area contributed by atoms with E-state index in [1.165, 1.54) is 12.8 Å². The predicted octanol–water partition coefficient (Wildman–Crippen LogP) is 2.63. The molecule has 0 spiro atoms. The Bertz CT molecular complexity index is 265. The van der Waals surface area contributed by atoms with Crippen LogP contribution in [0.15, 0.2) is 0 Å². The lowest BCUT2D eigenvalue weighted by Crippen LogP contribution is -2.29. The molecule has 2 rings (SSSR count). The van der Waals surface area contributed by atoms with Crippen LogP contribution in [0.4, 0.5) is 0 Å². The summed E-state index contributed by atoms with van der Waals surface area (Å²) in [7, 11) is -2.31. The van der Waals surface area contributed by atoms with Gasteiger partial charge in [-0.2, -0.15) is 0 Å². The molecule has 0 bridgehead atoms. The van der Waals surface area contributed by atoms with Crippen LogP contribution >= 0.6 is 7.59 Å². The van der Waals surface area contributed by atoms with Crippen LogP contribution < -0.4 is 0 Å². The summed E-state index contributed by atoms with van der Waals surface area (Å²) in [6.07, 6.45) is 4.69. The molecule has 5 heteroatoms. The van der Waals surface area contributed by atoms with Gasteiger partial charge in [-0.25, -0.2) is 14.0 Å². The molecule has 17 heavy (non-hydrogen) atoms. The number of hydrogen-bond acceptors (Lipinski definition) is 1. The van der Waals surface area contributed by atoms with E-state index in [0.717, 1.165) is 52.1 Å². The minimum absolute atomic E-state index is 1.00. The lowest BCUT2D eigenvalue weighted by Gasteiger charge is -2.33. The number of nitrogens with zero attached hydrogens (tertiary/aromatic N) is 3. The smallest absolute Gasteiger partial charge is 0.270 e. The van der Waals surface area contributed by atoms with Crippen molar-refractivity contribution in [3.05, 3.63) is 0 Å². The van der Waals surface area contributed by atoms with Gasteiger partial charge >= 0.3 is 0 Å². The average molecular weight is 259 g/mol. The fraction of sp³-hybridized carbons (Fsp3) is 1.00. The van der Waals surface area contributed by atoms with Crippen molar-refractivity contribution in [3.8, 4) is 0 Å². The van der Waals surface area contributed by atoms with E-state index in [1.54, 1.807) is 0 Å². The summed E-state index contributed by atoms with van der Waals surface area (Å²) in [6, 6.07) is 0. The van der Waals surface area contributed by atoms with Crippen molar-refractivity contribution in [2.24, 2.45) is 0 Å². The van der Waals surface area contributed by atoms with E-state index < -0.39 is 7.59 Å². The number of hydrogen-bond donors (Lipinski definition) is 0. The van der Waals surface area contributed by atoms with E-state index >= 15 is 0 Å². The zero-order chi connectivity index (χ0) is 12.3. The van der Waals surface area contributed by atoms with Crippen molar-refractivity contribution < 1.29 is 4.57 Å². The first-order valence-electron chi connectivity index (χ1n) is 7.09. The second kappa shape index (κ2) is 5.83. The molecule has 0 saturated carbocycles. The summed E-state index contributed by atoms with van der Waals surface area (Å²) >= 11 is 0. The molecule has 2 fully saturated rings. The maximum atomic E-state index is 13.2. The highest BCUT2D eigenvalue weighted by molar-refractivity contribution is 7.57. The fourth-order valence-corrected chi connectivity index (χ4v) is 5.30. The number of unbranched alkanes of at least 4 members (excludes halogenated alkanes) is 2. The van der Waals surface area contributed by atoms with E-state index in [2.05, 4.69) is 27.9 Å². The molecule has 2 heterocycles. The lowest BCUT2D eigenvalue weighted by molar-refractivity contribution is 0.353. The van der Waals surface area contributed by atoms with Gasteiger partial charge in [0.1, 0.15) is 0 Å². The molecule has 0 aliphatic carbocycles. The zero-order valence-corrected chi connectivity index (χ0v) is 12.2. The summed E-state index contributed by atoms with van der Waals surface area (Å²) in [5.74, 6) is 0. The topological polar surface area (TPSA) is 26.3 Å². The highest BCUT2D eigenvalue weighted by atomic mass is 31.2. The Morgan fingerprint density at radius 2 is 1.35 bits per heavy atom. The fourth-order valence-electron chi connectivity index (χ4n) is 2.20. The Morgan fingerprint density at radius 1 is 0.941 bits per heavy atom. The Kier molecular flexibility index (Phi) is 4.65. The molecule has 2 saturated heterocycles. The van der Waals surface area contributed by atoms with Gasteiger partial charge in [-0.15, -0.1) is 0 Å². The predicted molar refractivity (Wildman–Crippen MR) is 72.1 cm³/mol. The average Bonchev–Trinajstić information content (AvgIpc) is 3.21. The lowest BCUT2D eigenvalue weighted by atomic mass is 10.3. The molecule has 0 N–H and O–H groups in total. The van der Waals surface area contributed by atoms with Crippen molar-refractivity contribution in [3.63, 3.8) is 0 Å². The van der Waals surface area contributed by atoms with Crippen molar-refractivity contribution >= 4 is 7.59 Å². The molecule has 2 aliphatic rings. The molecule has 0 radical (unpaired) electrons. The van der Waals surface area contributed by atoms with Gasteiger partial charge in [0.25, 0.3) is 7.59 Å². The quantitative estimate of drug-likeness (QED) is 0.470. The second-order valence-electron chi connectivity index (χ2n) is 5.08. The van der Waals surface area contributed by atoms with Gasteiger partial charge < -0.3 is 0 Å². The molecular weight excluding hydrogens is 233 g/mol. The third-order valence-corrected chi connectivity index (χ3v) is 6.90. The molecule has 0 aromatic rings. The van der Waals surface area contributed by atoms with Crippen LogP contribution in [0.1, 0.15) is 39.5 Å². The molecule has 0 aromatic carbocycles. The third-order valence-electron chi connectivity index (χ3n) is 3.49. The second-order valence-corrected chi connectivity index (χ2v) is 7.80. The Morgan fingerprint density at radius 3 is 1.65 bits per heavy atom. The molecule has 0 amide bonds. The van der Waals surface area contributed by atoms with Crippen LogP contribution in [0.3, 0.4) is 0 Å². The van der Waals surface area contributed by atoms with Gasteiger partial charge in [-0.1, -0.05) is 26.7 Å². The highest BCUT2D eigenvalue weighted by Gasteiger charge is 2.51. The van der Waals surface area contributed by atoms with Gasteiger partial charge in [-0.3, -0.25) is 4.57 Å². The molecule has 0 atom stereocenters. The SMILES string of the molecule is CCCCN(CCCC)P(=O)(N1CC1)N1CC1. The molecule has 0 unspecified atom stereocenters. The first-order valence-corrected chi connectivity index (χ1v) is 8.66. The largest absolute Gasteiger partial charge is 0.287 e. The first-order chi connectivity index (χ1) is 8.23. The molecule has 2 aliphatic heterocycles. The Labute approximate surface area is 105 Å². The van der Waals surface area contributed by atoms with E-state index in [9.17, 15) is 4.57 Å². The number of rotatable bonds is 9. The van der Waals surface area contributed by atoms with Crippen LogP contribution in [0.2, 0.25) is 0 Å². The standard InChI is InChI=1S/C12H26N3OP/c1-3-5-7-13(8-6-4-2)17(16,14-9-10-14)15-11-12-15/h3-12H2,1-2H3. The van der Waals surface area contributed by atoms with E-state index in [1.807, 2.05) is 0 Å². The van der Waals surface area contributed by atoms with E-state index in [4.69, 9.17) is 0 Å². The summed E-state index contributed by atoms with van der Waals surface area (Å²) in [5.41, 5.74) is 0. The molecule has 100 valence electrons. The molecule has 4 nitrogen and oxygen atoms in total. The summed E-state index contributed by atoms with van der Waals surface area (Å²) in [6.45, 7) is 10.5. The van der Waals surface area contributed by atoms with Crippen molar-refractivity contribution in [2.45, 2.75) is 39.5 Å². The monoisotopic (exact) mass is 259 g/mol. The van der Waals surface area contributed by atoms with Crippen LogP contribution in [-0.2, 0) is 4.57 Å². The van der Waals surface area contributed by atoms with Crippen LogP contribution in [0.25, 0.3) is 0 Å². The highest BCUT2D eigenvalue weighted by Crippen LogP contribution is 2.62. The summed E-state index contributed by atoms with van der Waals surface area (Å²) in [5, 5.41) is 0. The normalized spacial score (nSPS) is 21.1. The van der Waals surface area contributed by atoms with Gasteiger partial charge in [0.05, 0.1) is 0 Å². The van der Waals surface area contributed by atoms with Crippen molar-refractivity contribution in [2.75, 3.05) is 39.3 Å². The zero-order valence-electron chi connectivity index (χ0n) is 11.3. The van der Waals surface area contributed by atoms with Gasteiger partial charge in [0.15, 0.2) is 0 Å². The minimum atomic E-state index is -2.31. The van der Waals surface area contributed by atoms with Gasteiger partial charge in [-0.05, 0) is 12.8 Å². The minimum Gasteiger partial charge on any atom is -0.270 e. The third kappa shape index (κ3) is 3.11. The Balaban J connectivity index is 2.01. The maximum absolute atomic E-state index is 13.2. The van der Waals surface area contributed by atoms with E-state index in [0.29, 0.717) is 0 Å². The van der Waals surface area contributed by atoms with Gasteiger partial charge in [0.2, 0.25) is 0 Å². The summed E-state index contributed by atoms with van der Waals surface area (Å²) in [4.78, 5) is 0. The van der Waals surface area contributed by atoms with Crippen molar-refractivity contribution in [1.29, 1.82) is 0 Å². The molecule has 0 aromatic heterocycles. The van der Waals surface area contributed by atoms with Crippen molar-refractivity contribution in [1.82, 2.24) is 14.0 Å². The molecular formula is C12H26N3OP. The van der Waals surface area contributed by atoms with Gasteiger partial charge in [0, 0.05) is 39.3 Å². The summed E-state index contributed by atoms with van der Waals surface area (Å²) < 4.78 is 19.9. The van der Waals surface area contributed by atoms with Crippen LogP contribution in [0, 0.1) is 0 Å².